The molecular weight excluding hydrogens is 395 g/mol. The number of rotatable bonds is 4. The van der Waals surface area contributed by atoms with Gasteiger partial charge in [-0.15, -0.1) is 0 Å². The molecule has 1 fully saturated rings. The lowest BCUT2D eigenvalue weighted by atomic mass is 10.0. The summed E-state index contributed by atoms with van der Waals surface area (Å²) in [4.78, 5) is 3.75. The van der Waals surface area contributed by atoms with E-state index in [0.29, 0.717) is 25.5 Å². The summed E-state index contributed by atoms with van der Waals surface area (Å²) in [6.07, 6.45) is -1.70. The number of para-hydroxylation sites is 1. The molecule has 152 valence electrons. The van der Waals surface area contributed by atoms with Gasteiger partial charge in [0.05, 0.1) is 16.9 Å². The SMILES string of the molecule is CC1(O)CCCC1Oc1c(-c2ccc(C(F)(F)F)cn2)cccc1S(C)(=O)=O. The van der Waals surface area contributed by atoms with Gasteiger partial charge in [-0.2, -0.15) is 13.2 Å². The Morgan fingerprint density at radius 3 is 2.46 bits per heavy atom. The Bertz CT molecular complexity index is 970. The predicted molar refractivity (Wildman–Crippen MR) is 96.7 cm³/mol. The molecule has 2 aromatic rings. The van der Waals surface area contributed by atoms with E-state index in [4.69, 9.17) is 4.74 Å². The normalized spacial score (nSPS) is 23.0. The van der Waals surface area contributed by atoms with Crippen molar-refractivity contribution in [1.29, 1.82) is 0 Å². The number of alkyl halides is 3. The number of ether oxygens (including phenoxy) is 1. The highest BCUT2D eigenvalue weighted by Gasteiger charge is 2.40. The van der Waals surface area contributed by atoms with E-state index in [1.807, 2.05) is 0 Å². The fourth-order valence-corrected chi connectivity index (χ4v) is 4.12. The van der Waals surface area contributed by atoms with Crippen molar-refractivity contribution >= 4 is 9.84 Å². The monoisotopic (exact) mass is 415 g/mol. The van der Waals surface area contributed by atoms with Crippen LogP contribution < -0.4 is 4.74 Å². The minimum absolute atomic E-state index is 0.00978. The van der Waals surface area contributed by atoms with Crippen molar-refractivity contribution < 1.29 is 31.4 Å². The van der Waals surface area contributed by atoms with Crippen LogP contribution in [0.2, 0.25) is 0 Å². The smallest absolute Gasteiger partial charge is 0.417 e. The maximum absolute atomic E-state index is 12.8. The average molecular weight is 415 g/mol. The molecular formula is C19H20F3NO4S. The quantitative estimate of drug-likeness (QED) is 0.821. The number of hydrogen-bond donors (Lipinski definition) is 1. The third-order valence-electron chi connectivity index (χ3n) is 4.85. The minimum atomic E-state index is -4.53. The first-order valence-electron chi connectivity index (χ1n) is 8.65. The van der Waals surface area contributed by atoms with Crippen molar-refractivity contribution in [3.8, 4) is 17.0 Å². The summed E-state index contributed by atoms with van der Waals surface area (Å²) in [6, 6.07) is 6.42. The first kappa shape index (κ1) is 20.6. The second-order valence-electron chi connectivity index (χ2n) is 7.19. The summed E-state index contributed by atoms with van der Waals surface area (Å²) >= 11 is 0. The molecule has 1 aromatic carbocycles. The van der Waals surface area contributed by atoms with Gasteiger partial charge in [0.15, 0.2) is 9.84 Å². The molecule has 1 N–H and O–H groups in total. The number of sulfone groups is 1. The van der Waals surface area contributed by atoms with E-state index >= 15 is 0 Å². The lowest BCUT2D eigenvalue weighted by Crippen LogP contribution is -2.38. The molecule has 1 aliphatic carbocycles. The van der Waals surface area contributed by atoms with Crippen LogP contribution in [0.4, 0.5) is 13.2 Å². The van der Waals surface area contributed by atoms with E-state index < -0.39 is 33.3 Å². The zero-order valence-corrected chi connectivity index (χ0v) is 16.1. The Morgan fingerprint density at radius 1 is 1.25 bits per heavy atom. The van der Waals surface area contributed by atoms with Crippen LogP contribution in [0.1, 0.15) is 31.7 Å². The van der Waals surface area contributed by atoms with Gasteiger partial charge in [-0.25, -0.2) is 8.42 Å². The summed E-state index contributed by atoms with van der Waals surface area (Å²) in [6.45, 7) is 1.61. The summed E-state index contributed by atoms with van der Waals surface area (Å²) < 4.78 is 68.9. The van der Waals surface area contributed by atoms with Crippen LogP contribution in [0.25, 0.3) is 11.3 Å². The summed E-state index contributed by atoms with van der Waals surface area (Å²) in [5, 5.41) is 10.5. The topological polar surface area (TPSA) is 76.5 Å². The summed E-state index contributed by atoms with van der Waals surface area (Å²) in [5.41, 5.74) is -1.64. The van der Waals surface area contributed by atoms with Crippen LogP contribution in [-0.2, 0) is 16.0 Å². The van der Waals surface area contributed by atoms with E-state index in [1.54, 1.807) is 6.92 Å². The second-order valence-corrected chi connectivity index (χ2v) is 9.17. The fourth-order valence-electron chi connectivity index (χ4n) is 3.30. The zero-order chi connectivity index (χ0) is 20.7. The van der Waals surface area contributed by atoms with Crippen LogP contribution in [-0.4, -0.2) is 36.5 Å². The molecule has 2 atom stereocenters. The number of benzene rings is 1. The van der Waals surface area contributed by atoms with Crippen molar-refractivity contribution in [3.63, 3.8) is 0 Å². The first-order valence-corrected chi connectivity index (χ1v) is 10.5. The Hall–Kier alpha value is -2.13. The lowest BCUT2D eigenvalue weighted by molar-refractivity contribution is -0.137. The highest BCUT2D eigenvalue weighted by atomic mass is 32.2. The lowest BCUT2D eigenvalue weighted by Gasteiger charge is -2.28. The molecule has 9 heteroatoms. The average Bonchev–Trinajstić information content (AvgIpc) is 2.92. The van der Waals surface area contributed by atoms with Crippen LogP contribution in [0, 0.1) is 0 Å². The maximum atomic E-state index is 12.8. The fraction of sp³-hybridized carbons (Fsp3) is 0.421. The molecule has 3 rings (SSSR count). The van der Waals surface area contributed by atoms with Crippen LogP contribution in [0.3, 0.4) is 0 Å². The number of pyridine rings is 1. The van der Waals surface area contributed by atoms with Crippen LogP contribution >= 0.6 is 0 Å². The predicted octanol–water partition coefficient (Wildman–Crippen LogP) is 3.85. The van der Waals surface area contributed by atoms with Crippen molar-refractivity contribution in [2.24, 2.45) is 0 Å². The number of aromatic nitrogens is 1. The van der Waals surface area contributed by atoms with Crippen molar-refractivity contribution in [3.05, 3.63) is 42.1 Å². The molecule has 28 heavy (non-hydrogen) atoms. The van der Waals surface area contributed by atoms with Gasteiger partial charge in [-0.1, -0.05) is 6.07 Å². The van der Waals surface area contributed by atoms with Gasteiger partial charge in [0.25, 0.3) is 0 Å². The molecule has 1 saturated carbocycles. The Labute approximate surface area is 161 Å². The summed E-state index contributed by atoms with van der Waals surface area (Å²) in [5.74, 6) is -0.00978. The van der Waals surface area contributed by atoms with Crippen LogP contribution in [0.5, 0.6) is 5.75 Å². The molecule has 5 nitrogen and oxygen atoms in total. The van der Waals surface area contributed by atoms with Gasteiger partial charge < -0.3 is 9.84 Å². The molecule has 1 aromatic heterocycles. The van der Waals surface area contributed by atoms with Crippen molar-refractivity contribution in [1.82, 2.24) is 4.98 Å². The van der Waals surface area contributed by atoms with E-state index in [0.717, 1.165) is 12.3 Å². The Balaban J connectivity index is 2.11. The Kier molecular flexibility index (Phi) is 5.18. The number of nitrogens with zero attached hydrogens (tertiary/aromatic N) is 1. The van der Waals surface area contributed by atoms with Crippen LogP contribution in [0.15, 0.2) is 41.4 Å². The van der Waals surface area contributed by atoms with Crippen molar-refractivity contribution in [2.45, 2.75) is 49.0 Å². The standard InChI is InChI=1S/C19H20F3NO4S/c1-18(24)10-4-7-16(18)27-17-13(5-3-6-15(17)28(2,25)26)14-9-8-12(11-23-14)19(20,21)22/h3,5-6,8-9,11,16,24H,4,7,10H2,1-2H3. The maximum Gasteiger partial charge on any atom is 0.417 e. The molecule has 0 aliphatic heterocycles. The third kappa shape index (κ3) is 4.15. The molecule has 0 amide bonds. The van der Waals surface area contributed by atoms with Gasteiger partial charge in [0.1, 0.15) is 16.7 Å². The van der Waals surface area contributed by atoms with Gasteiger partial charge in [0.2, 0.25) is 0 Å². The molecule has 1 aliphatic rings. The van der Waals surface area contributed by atoms with E-state index in [2.05, 4.69) is 4.98 Å². The zero-order valence-electron chi connectivity index (χ0n) is 15.3. The number of hydrogen-bond acceptors (Lipinski definition) is 5. The van der Waals surface area contributed by atoms with Gasteiger partial charge >= 0.3 is 6.18 Å². The third-order valence-corrected chi connectivity index (χ3v) is 5.97. The van der Waals surface area contributed by atoms with E-state index in [-0.39, 0.29) is 21.9 Å². The first-order chi connectivity index (χ1) is 12.9. The molecule has 0 spiro atoms. The molecule has 1 heterocycles. The van der Waals surface area contributed by atoms with E-state index in [1.165, 1.54) is 24.3 Å². The minimum Gasteiger partial charge on any atom is -0.485 e. The van der Waals surface area contributed by atoms with E-state index in [9.17, 15) is 26.7 Å². The highest BCUT2D eigenvalue weighted by Crippen LogP contribution is 2.40. The van der Waals surface area contributed by atoms with Gasteiger partial charge in [-0.3, -0.25) is 4.98 Å². The Morgan fingerprint density at radius 2 is 1.96 bits per heavy atom. The number of aliphatic hydroxyl groups is 1. The van der Waals surface area contributed by atoms with Crippen molar-refractivity contribution in [2.75, 3.05) is 6.26 Å². The highest BCUT2D eigenvalue weighted by molar-refractivity contribution is 7.90. The van der Waals surface area contributed by atoms with Gasteiger partial charge in [-0.05, 0) is 50.5 Å². The molecule has 0 bridgehead atoms. The van der Waals surface area contributed by atoms with Gasteiger partial charge in [0, 0.05) is 18.0 Å². The molecule has 0 saturated heterocycles. The molecule has 2 unspecified atom stereocenters. The number of halogens is 3. The molecule has 0 radical (unpaired) electrons. The second kappa shape index (κ2) is 7.04. The summed E-state index contributed by atoms with van der Waals surface area (Å²) in [7, 11) is -3.69. The largest absolute Gasteiger partial charge is 0.485 e.